The summed E-state index contributed by atoms with van der Waals surface area (Å²) in [6.07, 6.45) is 31.4. The van der Waals surface area contributed by atoms with E-state index < -0.39 is 8.32 Å². The first-order valence-electron chi connectivity index (χ1n) is 14.3. The van der Waals surface area contributed by atoms with Gasteiger partial charge in [-0.25, -0.2) is 0 Å². The monoisotopic (exact) mass is 434 g/mol. The Bertz CT molecular complexity index is 353. The van der Waals surface area contributed by atoms with Crippen LogP contribution >= 0.6 is 0 Å². The molecule has 3 fully saturated rings. The average Bonchev–Trinajstić information content (AvgIpc) is 2.68. The summed E-state index contributed by atoms with van der Waals surface area (Å²) in [4.78, 5) is 0. The SMILES string of the molecule is CO[Si](CC1CCCCCCC1)(CC1CCCCCCC1)CC1CCCCCCC1. The summed E-state index contributed by atoms with van der Waals surface area (Å²) >= 11 is 0. The molecule has 0 saturated heterocycles. The second-order valence-corrected chi connectivity index (χ2v) is 15.6. The number of hydrogen-bond acceptors (Lipinski definition) is 1. The molecule has 0 bridgehead atoms. The normalized spacial score (nSPS) is 25.5. The molecule has 1 nitrogen and oxygen atoms in total. The summed E-state index contributed by atoms with van der Waals surface area (Å²) in [6.45, 7) is 0. The van der Waals surface area contributed by atoms with Gasteiger partial charge in [0.2, 0.25) is 0 Å². The van der Waals surface area contributed by atoms with Crippen molar-refractivity contribution in [3.8, 4) is 0 Å². The van der Waals surface area contributed by atoms with Crippen molar-refractivity contribution in [3.05, 3.63) is 0 Å². The van der Waals surface area contributed by atoms with Gasteiger partial charge in [-0.3, -0.25) is 0 Å². The summed E-state index contributed by atoms with van der Waals surface area (Å²) in [5.74, 6) is 2.96. The molecule has 0 heterocycles. The molecule has 176 valence electrons. The lowest BCUT2D eigenvalue weighted by atomic mass is 9.92. The molecule has 0 radical (unpaired) electrons. The second-order valence-electron chi connectivity index (χ2n) is 11.6. The first kappa shape index (κ1) is 24.8. The van der Waals surface area contributed by atoms with Gasteiger partial charge < -0.3 is 4.43 Å². The summed E-state index contributed by atoms with van der Waals surface area (Å²) in [7, 11) is 0.506. The minimum absolute atomic E-state index is 0.985. The van der Waals surface area contributed by atoms with Gasteiger partial charge in [-0.05, 0) is 35.9 Å². The number of rotatable bonds is 7. The van der Waals surface area contributed by atoms with Gasteiger partial charge in [-0.2, -0.15) is 0 Å². The third-order valence-electron chi connectivity index (χ3n) is 9.09. The molecule has 3 aliphatic rings. The topological polar surface area (TPSA) is 9.23 Å². The summed E-state index contributed by atoms with van der Waals surface area (Å²) < 4.78 is 6.80. The molecular formula is C28H54OSi. The molecule has 3 aliphatic carbocycles. The van der Waals surface area contributed by atoms with Crippen molar-refractivity contribution in [1.29, 1.82) is 0 Å². The molecule has 0 aromatic carbocycles. The highest BCUT2D eigenvalue weighted by atomic mass is 28.4. The molecule has 3 rings (SSSR count). The standard InChI is InChI=1S/C28H54OSi/c1-29-30(23-26-17-11-5-2-6-12-18-26,24-27-19-13-7-3-8-14-20-27)25-28-21-15-9-4-10-16-22-28/h26-28H,2-25H2,1H3. The zero-order chi connectivity index (χ0) is 20.9. The van der Waals surface area contributed by atoms with Gasteiger partial charge in [0.25, 0.3) is 0 Å². The summed E-state index contributed by atoms with van der Waals surface area (Å²) in [5, 5.41) is 0. The molecule has 0 spiro atoms. The zero-order valence-electron chi connectivity index (χ0n) is 20.6. The van der Waals surface area contributed by atoms with Crippen molar-refractivity contribution in [2.24, 2.45) is 17.8 Å². The van der Waals surface area contributed by atoms with Gasteiger partial charge in [-0.1, -0.05) is 135 Å². The molecule has 0 atom stereocenters. The minimum atomic E-state index is -1.65. The lowest BCUT2D eigenvalue weighted by Crippen LogP contribution is -2.43. The van der Waals surface area contributed by atoms with Crippen molar-refractivity contribution >= 4 is 8.32 Å². The highest BCUT2D eigenvalue weighted by Crippen LogP contribution is 2.42. The number of hydrogen-bond donors (Lipinski definition) is 0. The van der Waals surface area contributed by atoms with Crippen LogP contribution in [0.3, 0.4) is 0 Å². The van der Waals surface area contributed by atoms with Crippen LogP contribution in [0.1, 0.15) is 135 Å². The Morgan fingerprint density at radius 1 is 0.433 bits per heavy atom. The third kappa shape index (κ3) is 8.97. The Morgan fingerprint density at radius 3 is 0.900 bits per heavy atom. The largest absolute Gasteiger partial charge is 0.420 e. The van der Waals surface area contributed by atoms with E-state index in [9.17, 15) is 0 Å². The molecule has 30 heavy (non-hydrogen) atoms. The van der Waals surface area contributed by atoms with Crippen LogP contribution in [-0.4, -0.2) is 15.4 Å². The van der Waals surface area contributed by atoms with E-state index in [0.29, 0.717) is 0 Å². The van der Waals surface area contributed by atoms with E-state index in [1.54, 1.807) is 0 Å². The van der Waals surface area contributed by atoms with E-state index >= 15 is 0 Å². The predicted octanol–water partition coefficient (Wildman–Crippen LogP) is 9.66. The van der Waals surface area contributed by atoms with Crippen LogP contribution in [0.25, 0.3) is 0 Å². The van der Waals surface area contributed by atoms with Crippen molar-refractivity contribution in [1.82, 2.24) is 0 Å². The third-order valence-corrected chi connectivity index (χ3v) is 13.9. The van der Waals surface area contributed by atoms with Crippen LogP contribution in [0.4, 0.5) is 0 Å². The van der Waals surface area contributed by atoms with Gasteiger partial charge in [0.1, 0.15) is 0 Å². The first-order chi connectivity index (χ1) is 14.8. The average molecular weight is 435 g/mol. The molecule has 0 unspecified atom stereocenters. The highest BCUT2D eigenvalue weighted by Gasteiger charge is 2.40. The van der Waals surface area contributed by atoms with Crippen LogP contribution in [0.15, 0.2) is 0 Å². The molecule has 0 amide bonds. The Kier molecular flexibility index (Phi) is 11.9. The van der Waals surface area contributed by atoms with Gasteiger partial charge in [0, 0.05) is 7.11 Å². The lowest BCUT2D eigenvalue weighted by molar-refractivity contribution is 0.310. The maximum atomic E-state index is 6.80. The van der Waals surface area contributed by atoms with Gasteiger partial charge in [0.05, 0.1) is 0 Å². The second kappa shape index (κ2) is 14.4. The fraction of sp³-hybridized carbons (Fsp3) is 1.00. The molecule has 0 aromatic rings. The van der Waals surface area contributed by atoms with E-state index in [1.807, 2.05) is 0 Å². The van der Waals surface area contributed by atoms with E-state index in [4.69, 9.17) is 4.43 Å². The first-order valence-corrected chi connectivity index (χ1v) is 16.9. The maximum absolute atomic E-state index is 6.80. The van der Waals surface area contributed by atoms with Crippen molar-refractivity contribution in [3.63, 3.8) is 0 Å². The lowest BCUT2D eigenvalue weighted by Gasteiger charge is -2.39. The van der Waals surface area contributed by atoms with E-state index in [0.717, 1.165) is 17.8 Å². The van der Waals surface area contributed by atoms with Gasteiger partial charge >= 0.3 is 0 Å². The predicted molar refractivity (Wildman–Crippen MR) is 135 cm³/mol. The van der Waals surface area contributed by atoms with Crippen LogP contribution in [-0.2, 0) is 4.43 Å². The van der Waals surface area contributed by atoms with Crippen LogP contribution < -0.4 is 0 Å². The maximum Gasteiger partial charge on any atom is 0.193 e. The van der Waals surface area contributed by atoms with Gasteiger partial charge in [-0.15, -0.1) is 0 Å². The summed E-state index contributed by atoms with van der Waals surface area (Å²) in [5.41, 5.74) is 0. The molecule has 0 aromatic heterocycles. The highest BCUT2D eigenvalue weighted by molar-refractivity contribution is 6.74. The van der Waals surface area contributed by atoms with Crippen LogP contribution in [0, 0.1) is 17.8 Å². The Hall–Kier alpha value is 0.177. The Morgan fingerprint density at radius 2 is 0.667 bits per heavy atom. The van der Waals surface area contributed by atoms with Crippen LogP contribution in [0.2, 0.25) is 18.1 Å². The van der Waals surface area contributed by atoms with Crippen molar-refractivity contribution in [2.45, 2.75) is 153 Å². The zero-order valence-corrected chi connectivity index (χ0v) is 21.6. The fourth-order valence-electron chi connectivity index (χ4n) is 7.31. The Balaban J connectivity index is 1.69. The molecule has 0 N–H and O–H groups in total. The van der Waals surface area contributed by atoms with E-state index in [1.165, 1.54) is 153 Å². The summed E-state index contributed by atoms with van der Waals surface area (Å²) in [6, 6.07) is 4.53. The molecule has 3 saturated carbocycles. The fourth-order valence-corrected chi connectivity index (χ4v) is 12.7. The van der Waals surface area contributed by atoms with Crippen LogP contribution in [0.5, 0.6) is 0 Å². The molecular weight excluding hydrogens is 380 g/mol. The quantitative estimate of drug-likeness (QED) is 0.362. The van der Waals surface area contributed by atoms with E-state index in [2.05, 4.69) is 7.11 Å². The Labute approximate surface area is 190 Å². The van der Waals surface area contributed by atoms with Crippen molar-refractivity contribution in [2.75, 3.05) is 7.11 Å². The molecule has 2 heteroatoms. The van der Waals surface area contributed by atoms with Gasteiger partial charge in [0.15, 0.2) is 8.32 Å². The van der Waals surface area contributed by atoms with E-state index in [-0.39, 0.29) is 0 Å². The van der Waals surface area contributed by atoms with Crippen molar-refractivity contribution < 1.29 is 4.43 Å². The minimum Gasteiger partial charge on any atom is -0.420 e. The molecule has 0 aliphatic heterocycles. The smallest absolute Gasteiger partial charge is 0.193 e.